The van der Waals surface area contributed by atoms with Crippen LogP contribution in [0.4, 0.5) is 0 Å². The fourth-order valence-electron chi connectivity index (χ4n) is 2.18. The van der Waals surface area contributed by atoms with Gasteiger partial charge in [-0.2, -0.15) is 0 Å². The number of methoxy groups -OCH3 is 2. The van der Waals surface area contributed by atoms with E-state index < -0.39 is 0 Å². The first-order valence-corrected chi connectivity index (χ1v) is 6.93. The number of carbonyl (C=O) groups excluding carboxylic acids is 1. The van der Waals surface area contributed by atoms with Gasteiger partial charge < -0.3 is 9.47 Å². The number of halogens is 1. The van der Waals surface area contributed by atoms with Crippen LogP contribution < -0.4 is 9.47 Å². The Morgan fingerprint density at radius 1 is 1.10 bits per heavy atom. The molecule has 110 valence electrons. The van der Waals surface area contributed by atoms with Crippen molar-refractivity contribution in [2.75, 3.05) is 14.2 Å². The average Bonchev–Trinajstić information content (AvgIpc) is 2.49. The molecule has 0 N–H and O–H groups in total. The summed E-state index contributed by atoms with van der Waals surface area (Å²) in [6, 6.07) is 10.9. The molecule has 0 saturated heterocycles. The zero-order chi connectivity index (χ0) is 15.4. The van der Waals surface area contributed by atoms with Crippen LogP contribution in [0.15, 0.2) is 36.4 Å². The highest BCUT2D eigenvalue weighted by Crippen LogP contribution is 2.30. The first-order chi connectivity index (χ1) is 10.1. The van der Waals surface area contributed by atoms with Gasteiger partial charge in [0.25, 0.3) is 0 Å². The van der Waals surface area contributed by atoms with Gasteiger partial charge in [0.2, 0.25) is 0 Å². The van der Waals surface area contributed by atoms with Crippen molar-refractivity contribution in [3.63, 3.8) is 0 Å². The van der Waals surface area contributed by atoms with Crippen LogP contribution >= 0.6 is 11.6 Å². The fourth-order valence-corrected chi connectivity index (χ4v) is 2.49. The molecule has 0 amide bonds. The summed E-state index contributed by atoms with van der Waals surface area (Å²) in [5.41, 5.74) is 2.30. The predicted octanol–water partition coefficient (Wildman–Crippen LogP) is 4.09. The second kappa shape index (κ2) is 6.64. The lowest BCUT2D eigenvalue weighted by molar-refractivity contribution is 0.0987. The molecule has 0 radical (unpaired) electrons. The number of rotatable bonds is 5. The number of ketones is 1. The highest BCUT2D eigenvalue weighted by Gasteiger charge is 2.19. The van der Waals surface area contributed by atoms with Crippen molar-refractivity contribution in [2.24, 2.45) is 0 Å². The number of ether oxygens (including phenoxy) is 2. The average molecular weight is 305 g/mol. The molecule has 0 saturated carbocycles. The molecule has 0 heterocycles. The predicted molar refractivity (Wildman–Crippen MR) is 83.8 cm³/mol. The Morgan fingerprint density at radius 2 is 1.71 bits per heavy atom. The number of Topliss-reactive ketones (excluding diaryl/α,β-unsaturated/α-hetero) is 1. The zero-order valence-corrected chi connectivity index (χ0v) is 13.0. The Kier molecular flexibility index (Phi) is 4.86. The Hall–Kier alpha value is -2.00. The summed E-state index contributed by atoms with van der Waals surface area (Å²) in [5, 5.41) is 0.595. The second-order valence-electron chi connectivity index (χ2n) is 4.73. The maximum Gasteiger partial charge on any atom is 0.174 e. The largest absolute Gasteiger partial charge is 0.496 e. The molecule has 2 aromatic carbocycles. The van der Waals surface area contributed by atoms with Crippen molar-refractivity contribution in [3.05, 3.63) is 58.1 Å². The van der Waals surface area contributed by atoms with E-state index in [-0.39, 0.29) is 12.2 Å². The van der Waals surface area contributed by atoms with Gasteiger partial charge in [0.1, 0.15) is 17.1 Å². The van der Waals surface area contributed by atoms with E-state index in [1.54, 1.807) is 18.2 Å². The van der Waals surface area contributed by atoms with Crippen LogP contribution in [-0.2, 0) is 6.42 Å². The molecule has 3 nitrogen and oxygen atoms in total. The van der Waals surface area contributed by atoms with Crippen LogP contribution in [0.1, 0.15) is 21.5 Å². The van der Waals surface area contributed by atoms with Crippen molar-refractivity contribution in [1.29, 1.82) is 0 Å². The maximum absolute atomic E-state index is 12.6. The van der Waals surface area contributed by atoms with Crippen molar-refractivity contribution in [3.8, 4) is 11.5 Å². The molecule has 0 aliphatic carbocycles. The Balaban J connectivity index is 2.36. The minimum atomic E-state index is -0.0879. The summed E-state index contributed by atoms with van der Waals surface area (Å²) in [4.78, 5) is 12.6. The molecule has 2 aromatic rings. The summed E-state index contributed by atoms with van der Waals surface area (Å²) in [5.74, 6) is 0.917. The van der Waals surface area contributed by atoms with Gasteiger partial charge >= 0.3 is 0 Å². The van der Waals surface area contributed by atoms with Crippen molar-refractivity contribution in [1.82, 2.24) is 0 Å². The first kappa shape index (κ1) is 15.4. The van der Waals surface area contributed by atoms with E-state index in [1.807, 2.05) is 25.1 Å². The van der Waals surface area contributed by atoms with Crippen LogP contribution in [-0.4, -0.2) is 20.0 Å². The van der Waals surface area contributed by atoms with Crippen molar-refractivity contribution >= 4 is 17.4 Å². The van der Waals surface area contributed by atoms with Gasteiger partial charge in [-0.15, -0.1) is 0 Å². The van der Waals surface area contributed by atoms with Crippen LogP contribution in [0, 0.1) is 6.92 Å². The summed E-state index contributed by atoms with van der Waals surface area (Å²) in [6.45, 7) is 1.96. The van der Waals surface area contributed by atoms with Crippen LogP contribution in [0.3, 0.4) is 0 Å². The van der Waals surface area contributed by atoms with E-state index in [9.17, 15) is 4.79 Å². The van der Waals surface area contributed by atoms with Gasteiger partial charge in [-0.25, -0.2) is 0 Å². The number of aryl methyl sites for hydroxylation is 1. The van der Waals surface area contributed by atoms with Crippen LogP contribution in [0.25, 0.3) is 0 Å². The third-order valence-electron chi connectivity index (χ3n) is 3.27. The molecule has 0 aromatic heterocycles. The van der Waals surface area contributed by atoms with E-state index in [2.05, 4.69) is 0 Å². The maximum atomic E-state index is 12.6. The van der Waals surface area contributed by atoms with Crippen molar-refractivity contribution < 1.29 is 14.3 Å². The topological polar surface area (TPSA) is 35.5 Å². The van der Waals surface area contributed by atoms with E-state index >= 15 is 0 Å². The molecule has 0 atom stereocenters. The molecule has 0 aliphatic heterocycles. The van der Waals surface area contributed by atoms with Crippen LogP contribution in [0.2, 0.25) is 5.02 Å². The summed E-state index contributed by atoms with van der Waals surface area (Å²) < 4.78 is 10.5. The Morgan fingerprint density at radius 3 is 2.24 bits per heavy atom. The quantitative estimate of drug-likeness (QED) is 0.780. The summed E-state index contributed by atoms with van der Waals surface area (Å²) in [6.07, 6.45) is 0.204. The van der Waals surface area contributed by atoms with Gasteiger partial charge in [0.05, 0.1) is 14.2 Å². The Labute approximate surface area is 129 Å². The van der Waals surface area contributed by atoms with E-state index in [0.717, 1.165) is 11.1 Å². The highest BCUT2D eigenvalue weighted by atomic mass is 35.5. The van der Waals surface area contributed by atoms with Crippen LogP contribution in [0.5, 0.6) is 11.5 Å². The molecular formula is C17H17ClO3. The smallest absolute Gasteiger partial charge is 0.174 e. The fraction of sp³-hybridized carbons (Fsp3) is 0.235. The molecule has 2 rings (SSSR count). The molecule has 0 aliphatic rings. The molecule has 0 spiro atoms. The molecule has 0 bridgehead atoms. The van der Waals surface area contributed by atoms with Gasteiger partial charge in [0.15, 0.2) is 5.78 Å². The number of hydrogen-bond acceptors (Lipinski definition) is 3. The van der Waals surface area contributed by atoms with E-state index in [4.69, 9.17) is 21.1 Å². The first-order valence-electron chi connectivity index (χ1n) is 6.56. The molecule has 4 heteroatoms. The second-order valence-corrected chi connectivity index (χ2v) is 5.14. The Bertz CT molecular complexity index is 643. The molecule has 21 heavy (non-hydrogen) atoms. The minimum Gasteiger partial charge on any atom is -0.496 e. The van der Waals surface area contributed by atoms with E-state index in [1.165, 1.54) is 14.2 Å². The normalized spacial score (nSPS) is 10.3. The number of carbonyl (C=O) groups is 1. The molecule has 0 fully saturated rings. The summed E-state index contributed by atoms with van der Waals surface area (Å²) in [7, 11) is 3.06. The highest BCUT2D eigenvalue weighted by molar-refractivity contribution is 6.31. The standard InChI is InChI=1S/C17H17ClO3/c1-11-7-8-12(13(18)9-11)10-14(19)17-15(20-2)5-4-6-16(17)21-3/h4-9H,10H2,1-3H3. The summed E-state index contributed by atoms with van der Waals surface area (Å²) >= 11 is 6.19. The van der Waals surface area contributed by atoms with Crippen molar-refractivity contribution in [2.45, 2.75) is 13.3 Å². The SMILES string of the molecule is COc1cccc(OC)c1C(=O)Cc1ccc(C)cc1Cl. The lowest BCUT2D eigenvalue weighted by Crippen LogP contribution is -2.08. The molecular weight excluding hydrogens is 288 g/mol. The van der Waals surface area contributed by atoms with Gasteiger partial charge in [-0.3, -0.25) is 4.79 Å². The van der Waals surface area contributed by atoms with Gasteiger partial charge in [0, 0.05) is 11.4 Å². The monoisotopic (exact) mass is 304 g/mol. The van der Waals surface area contributed by atoms with E-state index in [0.29, 0.717) is 22.1 Å². The lowest BCUT2D eigenvalue weighted by atomic mass is 10.0. The third-order valence-corrected chi connectivity index (χ3v) is 3.62. The van der Waals surface area contributed by atoms with Gasteiger partial charge in [-0.1, -0.05) is 29.8 Å². The zero-order valence-electron chi connectivity index (χ0n) is 12.3. The third kappa shape index (κ3) is 3.37. The van der Waals surface area contributed by atoms with Gasteiger partial charge in [-0.05, 0) is 36.2 Å². The molecule has 0 unspecified atom stereocenters. The lowest BCUT2D eigenvalue weighted by Gasteiger charge is -2.12. The number of benzene rings is 2. The minimum absolute atomic E-state index is 0.0879. The number of hydrogen-bond donors (Lipinski definition) is 0.